The zero-order valence-electron chi connectivity index (χ0n) is 11.9. The van der Waals surface area contributed by atoms with Crippen LogP contribution in [0.5, 0.6) is 0 Å². The van der Waals surface area contributed by atoms with Gasteiger partial charge in [0.15, 0.2) is 0 Å². The van der Waals surface area contributed by atoms with Crippen LogP contribution in [0.25, 0.3) is 0 Å². The summed E-state index contributed by atoms with van der Waals surface area (Å²) in [7, 11) is 0. The van der Waals surface area contributed by atoms with Gasteiger partial charge in [0, 0.05) is 12.1 Å². The van der Waals surface area contributed by atoms with E-state index < -0.39 is 0 Å². The summed E-state index contributed by atoms with van der Waals surface area (Å²) in [6, 6.07) is 4.46. The number of aliphatic hydroxyl groups excluding tert-OH is 1. The molecule has 17 heavy (non-hydrogen) atoms. The summed E-state index contributed by atoms with van der Waals surface area (Å²) in [6.45, 7) is 13.1. The van der Waals surface area contributed by atoms with Gasteiger partial charge < -0.3 is 10.4 Å². The molecular weight excluding hydrogens is 210 g/mol. The third-order valence-electron chi connectivity index (χ3n) is 3.73. The van der Waals surface area contributed by atoms with Crippen LogP contribution in [0, 0.1) is 20.8 Å². The maximum atomic E-state index is 9.66. The Morgan fingerprint density at radius 2 is 1.65 bits per heavy atom. The van der Waals surface area contributed by atoms with Crippen molar-refractivity contribution in [3.05, 3.63) is 34.4 Å². The Kier molecular flexibility index (Phi) is 4.34. The van der Waals surface area contributed by atoms with E-state index in [1.54, 1.807) is 0 Å². The van der Waals surface area contributed by atoms with Crippen LogP contribution in [-0.2, 0) is 6.54 Å². The van der Waals surface area contributed by atoms with Gasteiger partial charge in [-0.15, -0.1) is 0 Å². The van der Waals surface area contributed by atoms with Crippen molar-refractivity contribution in [1.29, 1.82) is 0 Å². The number of hydrogen-bond acceptors (Lipinski definition) is 2. The van der Waals surface area contributed by atoms with E-state index in [4.69, 9.17) is 0 Å². The molecule has 0 fully saturated rings. The van der Waals surface area contributed by atoms with Gasteiger partial charge in [0.25, 0.3) is 0 Å². The highest BCUT2D eigenvalue weighted by Gasteiger charge is 2.23. The molecule has 0 amide bonds. The summed E-state index contributed by atoms with van der Waals surface area (Å²) in [6.07, 6.45) is -0.366. The second kappa shape index (κ2) is 5.19. The predicted molar refractivity (Wildman–Crippen MR) is 73.3 cm³/mol. The molecule has 0 bridgehead atoms. The number of aliphatic hydroxyl groups is 1. The van der Waals surface area contributed by atoms with Gasteiger partial charge in [0.2, 0.25) is 0 Å². The molecule has 1 atom stereocenters. The lowest BCUT2D eigenvalue weighted by molar-refractivity contribution is 0.0956. The van der Waals surface area contributed by atoms with Crippen LogP contribution in [-0.4, -0.2) is 16.7 Å². The van der Waals surface area contributed by atoms with E-state index in [-0.39, 0.29) is 11.6 Å². The molecule has 1 unspecified atom stereocenters. The molecular formula is C15H25NO. The number of nitrogens with one attached hydrogen (secondary N) is 1. The highest BCUT2D eigenvalue weighted by Crippen LogP contribution is 2.17. The first kappa shape index (κ1) is 14.2. The molecule has 0 aliphatic heterocycles. The van der Waals surface area contributed by atoms with Gasteiger partial charge in [-0.3, -0.25) is 0 Å². The fourth-order valence-corrected chi connectivity index (χ4v) is 1.68. The molecule has 2 heteroatoms. The fourth-order valence-electron chi connectivity index (χ4n) is 1.68. The van der Waals surface area contributed by atoms with Crippen LogP contribution in [0.3, 0.4) is 0 Å². The van der Waals surface area contributed by atoms with Crippen molar-refractivity contribution < 1.29 is 5.11 Å². The summed E-state index contributed by atoms with van der Waals surface area (Å²) in [4.78, 5) is 0. The van der Waals surface area contributed by atoms with E-state index in [1.807, 2.05) is 20.8 Å². The zero-order valence-corrected chi connectivity index (χ0v) is 11.9. The first-order valence-electron chi connectivity index (χ1n) is 6.24. The van der Waals surface area contributed by atoms with Crippen LogP contribution in [0.15, 0.2) is 12.1 Å². The maximum absolute atomic E-state index is 9.66. The minimum Gasteiger partial charge on any atom is -0.392 e. The van der Waals surface area contributed by atoms with Gasteiger partial charge in [-0.1, -0.05) is 12.1 Å². The Hall–Kier alpha value is -0.860. The minimum absolute atomic E-state index is 0.259. The van der Waals surface area contributed by atoms with Crippen molar-refractivity contribution in [2.75, 3.05) is 0 Å². The molecule has 0 radical (unpaired) electrons. The Labute approximate surface area is 105 Å². The molecule has 2 nitrogen and oxygen atoms in total. The Morgan fingerprint density at radius 3 is 2.18 bits per heavy atom. The summed E-state index contributed by atoms with van der Waals surface area (Å²) in [5.74, 6) is 0. The number of hydrogen-bond donors (Lipinski definition) is 2. The summed E-state index contributed by atoms with van der Waals surface area (Å²) >= 11 is 0. The Balaban J connectivity index is 2.80. The van der Waals surface area contributed by atoms with Crippen molar-refractivity contribution >= 4 is 0 Å². The SMILES string of the molecule is Cc1cc(C)c(CNC(C)(C)C(C)O)cc1C. The molecule has 2 N–H and O–H groups in total. The number of benzene rings is 1. The molecule has 0 heterocycles. The smallest absolute Gasteiger partial charge is 0.0688 e. The second-order valence-corrected chi connectivity index (χ2v) is 5.61. The monoisotopic (exact) mass is 235 g/mol. The molecule has 0 aliphatic carbocycles. The lowest BCUT2D eigenvalue weighted by Crippen LogP contribution is -2.47. The van der Waals surface area contributed by atoms with Gasteiger partial charge in [-0.25, -0.2) is 0 Å². The van der Waals surface area contributed by atoms with Crippen LogP contribution in [0.1, 0.15) is 43.0 Å². The number of rotatable bonds is 4. The predicted octanol–water partition coefficient (Wildman–Crippen LogP) is 2.86. The number of aryl methyl sites for hydroxylation is 3. The van der Waals surface area contributed by atoms with Gasteiger partial charge in [0.05, 0.1) is 6.10 Å². The maximum Gasteiger partial charge on any atom is 0.0688 e. The van der Waals surface area contributed by atoms with Gasteiger partial charge in [-0.05, 0) is 63.8 Å². The van der Waals surface area contributed by atoms with Crippen LogP contribution < -0.4 is 5.32 Å². The third kappa shape index (κ3) is 3.55. The molecule has 0 spiro atoms. The lowest BCUT2D eigenvalue weighted by atomic mass is 9.96. The Morgan fingerprint density at radius 1 is 1.12 bits per heavy atom. The lowest BCUT2D eigenvalue weighted by Gasteiger charge is -2.30. The fraction of sp³-hybridized carbons (Fsp3) is 0.600. The molecule has 0 aliphatic rings. The third-order valence-corrected chi connectivity index (χ3v) is 3.73. The summed E-state index contributed by atoms with van der Waals surface area (Å²) in [5, 5.41) is 13.1. The zero-order chi connectivity index (χ0) is 13.2. The van der Waals surface area contributed by atoms with Crippen molar-refractivity contribution in [3.8, 4) is 0 Å². The molecule has 0 saturated carbocycles. The largest absolute Gasteiger partial charge is 0.392 e. The average Bonchev–Trinajstić information content (AvgIpc) is 2.21. The van der Waals surface area contributed by atoms with Crippen molar-refractivity contribution in [2.45, 2.75) is 59.7 Å². The second-order valence-electron chi connectivity index (χ2n) is 5.61. The highest BCUT2D eigenvalue weighted by molar-refractivity contribution is 5.36. The normalized spacial score (nSPS) is 13.8. The molecule has 0 saturated heterocycles. The molecule has 1 aromatic rings. The van der Waals surface area contributed by atoms with E-state index >= 15 is 0 Å². The highest BCUT2D eigenvalue weighted by atomic mass is 16.3. The van der Waals surface area contributed by atoms with Crippen LogP contribution >= 0.6 is 0 Å². The van der Waals surface area contributed by atoms with E-state index in [0.29, 0.717) is 0 Å². The summed E-state index contributed by atoms with van der Waals surface area (Å²) in [5.41, 5.74) is 5.01. The van der Waals surface area contributed by atoms with E-state index in [1.165, 1.54) is 22.3 Å². The first-order valence-corrected chi connectivity index (χ1v) is 6.24. The van der Waals surface area contributed by atoms with Gasteiger partial charge in [0.1, 0.15) is 0 Å². The Bertz CT molecular complexity index is 394. The van der Waals surface area contributed by atoms with Crippen LogP contribution in [0.2, 0.25) is 0 Å². The van der Waals surface area contributed by atoms with Crippen LogP contribution in [0.4, 0.5) is 0 Å². The molecule has 96 valence electrons. The van der Waals surface area contributed by atoms with E-state index in [9.17, 15) is 5.11 Å². The van der Waals surface area contributed by atoms with Crippen molar-refractivity contribution in [2.24, 2.45) is 0 Å². The van der Waals surface area contributed by atoms with E-state index in [2.05, 4.69) is 38.2 Å². The molecule has 1 aromatic carbocycles. The van der Waals surface area contributed by atoms with Gasteiger partial charge >= 0.3 is 0 Å². The standard InChI is InChI=1S/C15H25NO/c1-10-7-12(3)14(8-11(10)2)9-16-15(5,6)13(4)17/h7-8,13,16-17H,9H2,1-6H3. The summed E-state index contributed by atoms with van der Waals surface area (Å²) < 4.78 is 0. The topological polar surface area (TPSA) is 32.3 Å². The molecule has 0 aromatic heterocycles. The minimum atomic E-state index is -0.366. The average molecular weight is 235 g/mol. The van der Waals surface area contributed by atoms with Crippen molar-refractivity contribution in [3.63, 3.8) is 0 Å². The van der Waals surface area contributed by atoms with Crippen molar-refractivity contribution in [1.82, 2.24) is 5.32 Å². The van der Waals surface area contributed by atoms with E-state index in [0.717, 1.165) is 6.54 Å². The quantitative estimate of drug-likeness (QED) is 0.841. The van der Waals surface area contributed by atoms with Gasteiger partial charge in [-0.2, -0.15) is 0 Å². The first-order chi connectivity index (χ1) is 7.74. The molecule has 1 rings (SSSR count).